The largest absolute Gasteiger partial charge is 0.339 e. The van der Waals surface area contributed by atoms with Crippen LogP contribution in [0.15, 0.2) is 224 Å². The summed E-state index contributed by atoms with van der Waals surface area (Å²) < 4.78 is 2.50. The van der Waals surface area contributed by atoms with E-state index >= 15 is 0 Å². The third-order valence-electron chi connectivity index (χ3n) is 14.1. The lowest BCUT2D eigenvalue weighted by molar-refractivity contribution is 0.769. The molecule has 0 N–H and O–H groups in total. The Labute approximate surface area is 381 Å². The lowest BCUT2D eigenvalue weighted by Crippen LogP contribution is -2.29. The number of nitrogens with zero attached hydrogens (tertiary/aromatic N) is 2. The fourth-order valence-electron chi connectivity index (χ4n) is 11.2. The average Bonchev–Trinajstić information content (AvgIpc) is 3.86. The molecule has 1 aromatic heterocycles. The number of anilines is 3. The molecular weight excluding hydrogens is 785 g/mol. The minimum atomic E-state index is -0.641. The topological polar surface area (TPSA) is 8.17 Å². The van der Waals surface area contributed by atoms with E-state index in [1.807, 2.05) is 0 Å². The molecule has 0 amide bonds. The molecule has 0 atom stereocenters. The van der Waals surface area contributed by atoms with Gasteiger partial charge in [0.05, 0.1) is 22.3 Å². The van der Waals surface area contributed by atoms with Gasteiger partial charge in [0.25, 0.3) is 0 Å². The van der Waals surface area contributed by atoms with E-state index < -0.39 is 5.41 Å². The number of para-hydroxylation sites is 3. The molecule has 0 fully saturated rings. The quantitative estimate of drug-likeness (QED) is 0.148. The Hall–Kier alpha value is -7.94. The van der Waals surface area contributed by atoms with Crippen molar-refractivity contribution in [3.05, 3.63) is 258 Å². The van der Waals surface area contributed by atoms with Crippen molar-refractivity contribution in [2.24, 2.45) is 0 Å². The van der Waals surface area contributed by atoms with Crippen molar-refractivity contribution in [2.45, 2.75) is 32.7 Å². The zero-order chi connectivity index (χ0) is 43.6. The third-order valence-corrected chi connectivity index (χ3v) is 14.1. The maximum atomic E-state index is 2.55. The first kappa shape index (κ1) is 38.7. The standard InChI is InChI=1S/C63H48N2/c1-4-64-58-33-19-18-30-51(58)53-32-20-34-59(62(53)64)65(48-26-12-7-13-27-48)60-41-57-61(52-31-17-16-29-50(52)60)54-38-37-45(44-36-35-43(3)55(39-44)49-28-15-14-21-42(49)2)40-56(54)63(57,46-22-8-5-9-23-46)47-24-10-6-11-25-47/h5-41H,4H2,1-3H3. The van der Waals surface area contributed by atoms with Crippen LogP contribution >= 0.6 is 0 Å². The van der Waals surface area contributed by atoms with Crippen molar-refractivity contribution < 1.29 is 0 Å². The summed E-state index contributed by atoms with van der Waals surface area (Å²) >= 11 is 0. The Balaban J connectivity index is 1.19. The van der Waals surface area contributed by atoms with Crippen LogP contribution in [0, 0.1) is 13.8 Å². The van der Waals surface area contributed by atoms with E-state index in [-0.39, 0.29) is 0 Å². The normalized spacial score (nSPS) is 12.7. The van der Waals surface area contributed by atoms with Gasteiger partial charge in [-0.1, -0.05) is 182 Å². The van der Waals surface area contributed by atoms with Crippen LogP contribution in [-0.4, -0.2) is 4.57 Å². The lowest BCUT2D eigenvalue weighted by atomic mass is 9.67. The summed E-state index contributed by atoms with van der Waals surface area (Å²) in [4.78, 5) is 2.53. The number of hydrogen-bond acceptors (Lipinski definition) is 1. The number of benzene rings is 10. The second-order valence-electron chi connectivity index (χ2n) is 17.6. The van der Waals surface area contributed by atoms with Crippen LogP contribution in [0.5, 0.6) is 0 Å². The number of rotatable bonds is 8. The van der Waals surface area contributed by atoms with E-state index in [0.717, 1.165) is 23.6 Å². The van der Waals surface area contributed by atoms with Crippen molar-refractivity contribution in [1.29, 1.82) is 0 Å². The van der Waals surface area contributed by atoms with E-state index in [0.29, 0.717) is 0 Å². The molecule has 0 spiro atoms. The number of aromatic nitrogens is 1. The van der Waals surface area contributed by atoms with Gasteiger partial charge in [-0.2, -0.15) is 0 Å². The molecule has 0 unspecified atom stereocenters. The van der Waals surface area contributed by atoms with Gasteiger partial charge in [0.2, 0.25) is 0 Å². The number of fused-ring (bicyclic) bond motifs is 8. The van der Waals surface area contributed by atoms with Crippen molar-refractivity contribution in [3.8, 4) is 33.4 Å². The van der Waals surface area contributed by atoms with Gasteiger partial charge in [-0.15, -0.1) is 0 Å². The van der Waals surface area contributed by atoms with E-state index in [9.17, 15) is 0 Å². The van der Waals surface area contributed by atoms with Crippen molar-refractivity contribution in [1.82, 2.24) is 4.57 Å². The fraction of sp³-hybridized carbons (Fsp3) is 0.0794. The van der Waals surface area contributed by atoms with Crippen LogP contribution in [0.1, 0.15) is 40.3 Å². The SMILES string of the molecule is CCn1c2ccccc2c2cccc(N(c3ccccc3)c3cc4c(c5ccccc35)-c3ccc(-c5ccc(C)c(-c6ccccc6C)c5)cc3C4(c3ccccc3)c3ccccc3)c21. The highest BCUT2D eigenvalue weighted by atomic mass is 15.2. The highest BCUT2D eigenvalue weighted by Crippen LogP contribution is 2.60. The second-order valence-corrected chi connectivity index (χ2v) is 17.6. The van der Waals surface area contributed by atoms with Gasteiger partial charge in [0.15, 0.2) is 0 Å². The molecule has 65 heavy (non-hydrogen) atoms. The number of hydrogen-bond donors (Lipinski definition) is 0. The van der Waals surface area contributed by atoms with Gasteiger partial charge in [0, 0.05) is 33.9 Å². The zero-order valence-electron chi connectivity index (χ0n) is 37.0. The summed E-state index contributed by atoms with van der Waals surface area (Å²) in [5.74, 6) is 0. The Morgan fingerprint density at radius 1 is 0.415 bits per heavy atom. The molecule has 0 aliphatic heterocycles. The first-order chi connectivity index (χ1) is 32.1. The van der Waals surface area contributed by atoms with Crippen LogP contribution < -0.4 is 4.90 Å². The van der Waals surface area contributed by atoms with Crippen LogP contribution in [0.25, 0.3) is 66.0 Å². The van der Waals surface area contributed by atoms with Crippen molar-refractivity contribution in [2.75, 3.05) is 4.90 Å². The Morgan fingerprint density at radius 3 is 1.72 bits per heavy atom. The van der Waals surface area contributed by atoms with E-state index in [4.69, 9.17) is 0 Å². The van der Waals surface area contributed by atoms with Crippen LogP contribution in [0.3, 0.4) is 0 Å². The highest BCUT2D eigenvalue weighted by Gasteiger charge is 2.47. The fourth-order valence-corrected chi connectivity index (χ4v) is 11.2. The van der Waals surface area contributed by atoms with Gasteiger partial charge in [-0.25, -0.2) is 0 Å². The highest BCUT2D eigenvalue weighted by molar-refractivity contribution is 6.16. The van der Waals surface area contributed by atoms with E-state index in [2.05, 4.69) is 255 Å². The van der Waals surface area contributed by atoms with Crippen LogP contribution in [-0.2, 0) is 12.0 Å². The minimum absolute atomic E-state index is 0.641. The molecule has 0 bridgehead atoms. The summed E-state index contributed by atoms with van der Waals surface area (Å²) in [5, 5.41) is 4.98. The molecule has 11 aromatic rings. The van der Waals surface area contributed by atoms with Gasteiger partial charge in [-0.05, 0) is 135 Å². The molecule has 12 rings (SSSR count). The zero-order valence-corrected chi connectivity index (χ0v) is 37.0. The van der Waals surface area contributed by atoms with Crippen LogP contribution in [0.2, 0.25) is 0 Å². The lowest BCUT2D eigenvalue weighted by Gasteiger charge is -2.35. The third kappa shape index (κ3) is 5.87. The van der Waals surface area contributed by atoms with Gasteiger partial charge < -0.3 is 9.47 Å². The van der Waals surface area contributed by atoms with Gasteiger partial charge in [0.1, 0.15) is 0 Å². The smallest absolute Gasteiger partial charge is 0.0736 e. The summed E-state index contributed by atoms with van der Waals surface area (Å²) in [6, 6.07) is 83.8. The molecule has 2 nitrogen and oxygen atoms in total. The molecule has 0 radical (unpaired) electrons. The summed E-state index contributed by atoms with van der Waals surface area (Å²) in [5.41, 5.74) is 20.4. The number of aryl methyl sites for hydroxylation is 3. The van der Waals surface area contributed by atoms with Gasteiger partial charge >= 0.3 is 0 Å². The second kappa shape index (κ2) is 15.4. The minimum Gasteiger partial charge on any atom is -0.339 e. The van der Waals surface area contributed by atoms with Crippen molar-refractivity contribution >= 4 is 49.6 Å². The van der Waals surface area contributed by atoms with E-state index in [1.54, 1.807) is 0 Å². The van der Waals surface area contributed by atoms with E-state index in [1.165, 1.54) is 99.3 Å². The molecular formula is C63H48N2. The summed E-state index contributed by atoms with van der Waals surface area (Å²) in [7, 11) is 0. The first-order valence-electron chi connectivity index (χ1n) is 22.9. The van der Waals surface area contributed by atoms with Crippen molar-refractivity contribution in [3.63, 3.8) is 0 Å². The van der Waals surface area contributed by atoms with Gasteiger partial charge in [-0.3, -0.25) is 0 Å². The summed E-state index contributed by atoms with van der Waals surface area (Å²) in [6.45, 7) is 7.55. The molecule has 1 heterocycles. The predicted molar refractivity (Wildman–Crippen MR) is 275 cm³/mol. The molecule has 0 saturated carbocycles. The molecule has 1 aliphatic rings. The molecule has 2 heteroatoms. The molecule has 0 saturated heterocycles. The Bertz CT molecular complexity index is 3560. The molecule has 1 aliphatic carbocycles. The van der Waals surface area contributed by atoms with Crippen LogP contribution in [0.4, 0.5) is 17.1 Å². The Kier molecular flexibility index (Phi) is 9.17. The molecule has 310 valence electrons. The predicted octanol–water partition coefficient (Wildman–Crippen LogP) is 16.8. The monoisotopic (exact) mass is 832 g/mol. The Morgan fingerprint density at radius 2 is 1.00 bits per heavy atom. The maximum absolute atomic E-state index is 2.55. The molecule has 10 aromatic carbocycles. The summed E-state index contributed by atoms with van der Waals surface area (Å²) in [6.07, 6.45) is 0. The maximum Gasteiger partial charge on any atom is 0.0736 e. The average molecular weight is 833 g/mol. The first-order valence-corrected chi connectivity index (χ1v) is 22.9.